The zero-order valence-corrected chi connectivity index (χ0v) is 8.61. The van der Waals surface area contributed by atoms with Gasteiger partial charge in [-0.05, 0) is 30.3 Å². The summed E-state index contributed by atoms with van der Waals surface area (Å²) in [5.74, 6) is 0. The van der Waals surface area contributed by atoms with E-state index in [1.165, 1.54) is 0 Å². The number of hydrogen-bond acceptors (Lipinski definition) is 2. The fraction of sp³-hybridized carbons (Fsp3) is 0. The lowest BCUT2D eigenvalue weighted by atomic mass is 10.1. The molecule has 1 heterocycles. The zero-order chi connectivity index (χ0) is 10.7. The highest BCUT2D eigenvalue weighted by Gasteiger charge is 2.05. The number of hydrogen-bond donors (Lipinski definition) is 0. The minimum absolute atomic E-state index is 0.595. The molecule has 0 aliphatic carbocycles. The minimum Gasteiger partial charge on any atom is -0.298 e. The van der Waals surface area contributed by atoms with Gasteiger partial charge in [0.1, 0.15) is 0 Å². The average molecular weight is 218 g/mol. The van der Waals surface area contributed by atoms with Gasteiger partial charge in [-0.15, -0.1) is 0 Å². The third-order valence-corrected chi connectivity index (χ3v) is 2.32. The topological polar surface area (TPSA) is 30.0 Å². The van der Waals surface area contributed by atoms with E-state index in [4.69, 9.17) is 11.6 Å². The third kappa shape index (κ3) is 2.05. The molecule has 0 bridgehead atoms. The first-order valence-corrected chi connectivity index (χ1v) is 4.85. The van der Waals surface area contributed by atoms with Gasteiger partial charge in [0.15, 0.2) is 6.29 Å². The molecule has 0 N–H and O–H groups in total. The van der Waals surface area contributed by atoms with E-state index in [0.29, 0.717) is 10.6 Å². The molecule has 0 spiro atoms. The summed E-state index contributed by atoms with van der Waals surface area (Å²) in [6.07, 6.45) is 2.49. The largest absolute Gasteiger partial charge is 0.298 e. The van der Waals surface area contributed by atoms with Crippen LogP contribution in [0.1, 0.15) is 10.4 Å². The van der Waals surface area contributed by atoms with Gasteiger partial charge in [-0.1, -0.05) is 17.7 Å². The first-order valence-electron chi connectivity index (χ1n) is 4.47. The number of carbonyl (C=O) groups excluding carboxylic acids is 1. The van der Waals surface area contributed by atoms with Crippen LogP contribution in [0.5, 0.6) is 0 Å². The molecular weight excluding hydrogens is 210 g/mol. The van der Waals surface area contributed by atoms with Crippen molar-refractivity contribution in [3.8, 4) is 11.3 Å². The summed E-state index contributed by atoms with van der Waals surface area (Å²) in [6, 6.07) is 10.7. The van der Waals surface area contributed by atoms with Crippen molar-refractivity contribution < 1.29 is 4.79 Å². The standard InChI is InChI=1S/C12H8ClNO/c13-10-5-4-9(8-15)11(7-10)12-3-1-2-6-14-12/h1-8H. The van der Waals surface area contributed by atoms with Crippen molar-refractivity contribution in [3.05, 3.63) is 53.2 Å². The molecule has 0 saturated heterocycles. The van der Waals surface area contributed by atoms with Crippen molar-refractivity contribution in [2.75, 3.05) is 0 Å². The molecule has 15 heavy (non-hydrogen) atoms. The van der Waals surface area contributed by atoms with Crippen LogP contribution in [0, 0.1) is 0 Å². The Bertz CT molecular complexity index is 482. The molecular formula is C12H8ClNO. The maximum absolute atomic E-state index is 10.8. The van der Waals surface area contributed by atoms with Crippen LogP contribution in [0.15, 0.2) is 42.6 Å². The van der Waals surface area contributed by atoms with Gasteiger partial charge >= 0.3 is 0 Å². The van der Waals surface area contributed by atoms with E-state index in [1.54, 1.807) is 24.4 Å². The van der Waals surface area contributed by atoms with Crippen molar-refractivity contribution >= 4 is 17.9 Å². The summed E-state index contributed by atoms with van der Waals surface area (Å²) in [6.45, 7) is 0. The Morgan fingerprint density at radius 2 is 2.07 bits per heavy atom. The average Bonchev–Trinajstić information content (AvgIpc) is 2.30. The van der Waals surface area contributed by atoms with Crippen LogP contribution in [0.4, 0.5) is 0 Å². The molecule has 0 amide bonds. The van der Waals surface area contributed by atoms with Crippen LogP contribution in [-0.2, 0) is 0 Å². The van der Waals surface area contributed by atoms with Crippen molar-refractivity contribution in [1.29, 1.82) is 0 Å². The van der Waals surface area contributed by atoms with E-state index >= 15 is 0 Å². The number of pyridine rings is 1. The smallest absolute Gasteiger partial charge is 0.150 e. The van der Waals surface area contributed by atoms with Crippen LogP contribution in [0.3, 0.4) is 0 Å². The molecule has 0 aliphatic rings. The zero-order valence-electron chi connectivity index (χ0n) is 7.85. The minimum atomic E-state index is 0.595. The predicted octanol–water partition coefficient (Wildman–Crippen LogP) is 3.21. The van der Waals surface area contributed by atoms with Crippen molar-refractivity contribution in [1.82, 2.24) is 4.98 Å². The van der Waals surface area contributed by atoms with Crippen LogP contribution in [0.25, 0.3) is 11.3 Å². The highest BCUT2D eigenvalue weighted by atomic mass is 35.5. The summed E-state index contributed by atoms with van der Waals surface area (Å²) in [4.78, 5) is 15.0. The molecule has 2 nitrogen and oxygen atoms in total. The lowest BCUT2D eigenvalue weighted by Gasteiger charge is -2.03. The molecule has 3 heteroatoms. The number of carbonyl (C=O) groups is 1. The quantitative estimate of drug-likeness (QED) is 0.723. The first kappa shape index (κ1) is 9.87. The Morgan fingerprint density at radius 3 is 2.73 bits per heavy atom. The first-order chi connectivity index (χ1) is 7.31. The molecule has 74 valence electrons. The van der Waals surface area contributed by atoms with E-state index in [9.17, 15) is 4.79 Å². The fourth-order valence-corrected chi connectivity index (χ4v) is 1.55. The second kappa shape index (κ2) is 4.24. The molecule has 0 saturated carbocycles. The lowest BCUT2D eigenvalue weighted by molar-refractivity contribution is 0.112. The van der Waals surface area contributed by atoms with Crippen molar-refractivity contribution in [2.24, 2.45) is 0 Å². The molecule has 0 unspecified atom stereocenters. The van der Waals surface area contributed by atoms with Gasteiger partial charge in [0.25, 0.3) is 0 Å². The van der Waals surface area contributed by atoms with E-state index in [1.807, 2.05) is 18.2 Å². The van der Waals surface area contributed by atoms with Crippen molar-refractivity contribution in [2.45, 2.75) is 0 Å². The van der Waals surface area contributed by atoms with Crippen LogP contribution in [0.2, 0.25) is 5.02 Å². The van der Waals surface area contributed by atoms with Gasteiger partial charge in [0.05, 0.1) is 5.69 Å². The van der Waals surface area contributed by atoms with Crippen LogP contribution in [-0.4, -0.2) is 11.3 Å². The Morgan fingerprint density at radius 1 is 1.20 bits per heavy atom. The van der Waals surface area contributed by atoms with Gasteiger partial charge in [0.2, 0.25) is 0 Å². The second-order valence-electron chi connectivity index (χ2n) is 3.06. The van der Waals surface area contributed by atoms with Gasteiger partial charge in [-0.25, -0.2) is 0 Å². The second-order valence-corrected chi connectivity index (χ2v) is 3.50. The number of nitrogens with zero attached hydrogens (tertiary/aromatic N) is 1. The number of rotatable bonds is 2. The Hall–Kier alpha value is -1.67. The van der Waals surface area contributed by atoms with Gasteiger partial charge in [-0.2, -0.15) is 0 Å². The monoisotopic (exact) mass is 217 g/mol. The highest BCUT2D eigenvalue weighted by molar-refractivity contribution is 6.31. The highest BCUT2D eigenvalue weighted by Crippen LogP contribution is 2.24. The third-order valence-electron chi connectivity index (χ3n) is 2.08. The van der Waals surface area contributed by atoms with Gasteiger partial charge < -0.3 is 0 Å². The normalized spacial score (nSPS) is 9.93. The Kier molecular flexibility index (Phi) is 2.79. The molecule has 0 radical (unpaired) electrons. The molecule has 0 fully saturated rings. The molecule has 0 atom stereocenters. The van der Waals surface area contributed by atoms with E-state index < -0.39 is 0 Å². The fourth-order valence-electron chi connectivity index (χ4n) is 1.38. The number of aldehydes is 1. The van der Waals surface area contributed by atoms with Gasteiger partial charge in [0, 0.05) is 22.3 Å². The maximum Gasteiger partial charge on any atom is 0.150 e. The summed E-state index contributed by atoms with van der Waals surface area (Å²) in [5, 5.41) is 0.598. The SMILES string of the molecule is O=Cc1ccc(Cl)cc1-c1ccccn1. The van der Waals surface area contributed by atoms with E-state index in [2.05, 4.69) is 4.98 Å². The summed E-state index contributed by atoms with van der Waals surface area (Å²) in [5.41, 5.74) is 2.11. The lowest BCUT2D eigenvalue weighted by Crippen LogP contribution is -1.89. The predicted molar refractivity (Wildman–Crippen MR) is 60.1 cm³/mol. The summed E-state index contributed by atoms with van der Waals surface area (Å²) in [7, 11) is 0. The molecule has 1 aromatic carbocycles. The Balaban J connectivity index is 2.61. The molecule has 1 aromatic heterocycles. The molecule has 0 aliphatic heterocycles. The Labute approximate surface area is 92.5 Å². The van der Waals surface area contributed by atoms with Crippen LogP contribution < -0.4 is 0 Å². The summed E-state index contributed by atoms with van der Waals surface area (Å²) < 4.78 is 0. The van der Waals surface area contributed by atoms with E-state index in [0.717, 1.165) is 17.5 Å². The van der Waals surface area contributed by atoms with Crippen molar-refractivity contribution in [3.63, 3.8) is 0 Å². The summed E-state index contributed by atoms with van der Waals surface area (Å²) >= 11 is 5.88. The van der Waals surface area contributed by atoms with E-state index in [-0.39, 0.29) is 0 Å². The van der Waals surface area contributed by atoms with Gasteiger partial charge in [-0.3, -0.25) is 9.78 Å². The maximum atomic E-state index is 10.8. The molecule has 2 rings (SSSR count). The molecule has 2 aromatic rings. The van der Waals surface area contributed by atoms with Crippen LogP contribution >= 0.6 is 11.6 Å². The number of aromatic nitrogens is 1. The number of benzene rings is 1. The number of halogens is 1.